The molecule has 1 aliphatic heterocycles. The molecule has 0 aliphatic carbocycles. The molecule has 0 aromatic heterocycles. The van der Waals surface area contributed by atoms with Gasteiger partial charge in [-0.25, -0.2) is 4.79 Å². The second kappa shape index (κ2) is 11.3. The van der Waals surface area contributed by atoms with Crippen LogP contribution in [0.5, 0.6) is 0 Å². The standard InChI is InChI=1S/C32H33NO2/c34-32(31-19-7-6-18-30(31)29-20-8-16-27-15-4-5-17-28(27)29)35-24-26-14-10-22-33(23-26)21-9-13-25-11-2-1-3-12-25/h1-8,11-12,15-20,26H,9-10,13-14,21-24H2. The maximum Gasteiger partial charge on any atom is 0.338 e. The summed E-state index contributed by atoms with van der Waals surface area (Å²) >= 11 is 0. The van der Waals surface area contributed by atoms with Crippen LogP contribution in [0.25, 0.3) is 21.9 Å². The zero-order valence-corrected chi connectivity index (χ0v) is 20.2. The van der Waals surface area contributed by atoms with E-state index in [1.165, 1.54) is 17.4 Å². The van der Waals surface area contributed by atoms with Crippen molar-refractivity contribution >= 4 is 16.7 Å². The van der Waals surface area contributed by atoms with Gasteiger partial charge >= 0.3 is 5.97 Å². The molecule has 0 N–H and O–H groups in total. The van der Waals surface area contributed by atoms with Crippen LogP contribution < -0.4 is 0 Å². The fraction of sp³-hybridized carbons (Fsp3) is 0.281. The Morgan fingerprint density at radius 1 is 0.829 bits per heavy atom. The summed E-state index contributed by atoms with van der Waals surface area (Å²) in [6.45, 7) is 3.73. The molecule has 1 saturated heterocycles. The van der Waals surface area contributed by atoms with Gasteiger partial charge in [-0.15, -0.1) is 0 Å². The highest BCUT2D eigenvalue weighted by molar-refractivity contribution is 6.04. The largest absolute Gasteiger partial charge is 0.462 e. The minimum absolute atomic E-state index is 0.227. The molecule has 178 valence electrons. The van der Waals surface area contributed by atoms with E-state index in [-0.39, 0.29) is 5.97 Å². The highest BCUT2D eigenvalue weighted by Crippen LogP contribution is 2.31. The summed E-state index contributed by atoms with van der Waals surface area (Å²) in [5, 5.41) is 2.32. The Bertz CT molecular complexity index is 1260. The van der Waals surface area contributed by atoms with E-state index in [0.717, 1.165) is 55.4 Å². The number of aryl methyl sites for hydroxylation is 1. The first-order chi connectivity index (χ1) is 17.3. The van der Waals surface area contributed by atoms with Crippen LogP contribution in [-0.4, -0.2) is 37.1 Å². The Morgan fingerprint density at radius 2 is 1.57 bits per heavy atom. The van der Waals surface area contributed by atoms with Crippen molar-refractivity contribution in [2.45, 2.75) is 25.7 Å². The van der Waals surface area contributed by atoms with Gasteiger partial charge in [-0.2, -0.15) is 0 Å². The summed E-state index contributed by atoms with van der Waals surface area (Å²) in [5.41, 5.74) is 4.04. The van der Waals surface area contributed by atoms with Gasteiger partial charge in [-0.1, -0.05) is 91.0 Å². The first-order valence-corrected chi connectivity index (χ1v) is 12.8. The van der Waals surface area contributed by atoms with Gasteiger partial charge in [-0.05, 0) is 72.3 Å². The molecule has 1 aliphatic rings. The molecule has 1 heterocycles. The van der Waals surface area contributed by atoms with Crippen LogP contribution in [0, 0.1) is 5.92 Å². The minimum atomic E-state index is -0.227. The van der Waals surface area contributed by atoms with Gasteiger partial charge in [0.05, 0.1) is 12.2 Å². The van der Waals surface area contributed by atoms with Gasteiger partial charge in [0, 0.05) is 12.5 Å². The predicted octanol–water partition coefficient (Wildman–Crippen LogP) is 7.01. The maximum atomic E-state index is 13.2. The van der Waals surface area contributed by atoms with Crippen LogP contribution in [-0.2, 0) is 11.2 Å². The minimum Gasteiger partial charge on any atom is -0.462 e. The third kappa shape index (κ3) is 5.80. The number of carbonyl (C=O) groups excluding carboxylic acids is 1. The lowest BCUT2D eigenvalue weighted by Crippen LogP contribution is -2.38. The second-order valence-corrected chi connectivity index (χ2v) is 9.57. The van der Waals surface area contributed by atoms with Crippen LogP contribution in [0.3, 0.4) is 0 Å². The van der Waals surface area contributed by atoms with E-state index in [1.807, 2.05) is 42.5 Å². The van der Waals surface area contributed by atoms with Crippen LogP contribution in [0.2, 0.25) is 0 Å². The third-order valence-corrected chi connectivity index (χ3v) is 7.06. The van der Waals surface area contributed by atoms with Crippen molar-refractivity contribution < 1.29 is 9.53 Å². The summed E-state index contributed by atoms with van der Waals surface area (Å²) in [5.74, 6) is 0.170. The number of carbonyl (C=O) groups is 1. The number of ether oxygens (including phenoxy) is 1. The number of nitrogens with zero attached hydrogens (tertiary/aromatic N) is 1. The molecule has 4 aromatic rings. The molecule has 3 nitrogen and oxygen atoms in total. The normalized spacial score (nSPS) is 16.3. The van der Waals surface area contributed by atoms with E-state index < -0.39 is 0 Å². The quantitative estimate of drug-likeness (QED) is 0.263. The first-order valence-electron chi connectivity index (χ1n) is 12.8. The summed E-state index contributed by atoms with van der Waals surface area (Å²) in [4.78, 5) is 15.7. The number of likely N-dealkylation sites (tertiary alicyclic amines) is 1. The molecule has 1 fully saturated rings. The number of hydrogen-bond donors (Lipinski definition) is 0. The molecule has 1 atom stereocenters. The van der Waals surface area contributed by atoms with Gasteiger partial charge in [0.15, 0.2) is 0 Å². The summed E-state index contributed by atoms with van der Waals surface area (Å²) < 4.78 is 5.90. The summed E-state index contributed by atoms with van der Waals surface area (Å²) in [6.07, 6.45) is 4.56. The number of esters is 1. The fourth-order valence-electron chi connectivity index (χ4n) is 5.27. The van der Waals surface area contributed by atoms with Gasteiger partial charge in [0.25, 0.3) is 0 Å². The highest BCUT2D eigenvalue weighted by atomic mass is 16.5. The van der Waals surface area contributed by atoms with E-state index in [9.17, 15) is 4.79 Å². The zero-order valence-electron chi connectivity index (χ0n) is 20.2. The number of fused-ring (bicyclic) bond motifs is 1. The predicted molar refractivity (Wildman–Crippen MR) is 144 cm³/mol. The Labute approximate surface area is 208 Å². The molecule has 0 amide bonds. The lowest BCUT2D eigenvalue weighted by Gasteiger charge is -2.32. The Hall–Kier alpha value is -3.43. The van der Waals surface area contributed by atoms with Gasteiger partial charge in [0.2, 0.25) is 0 Å². The molecule has 0 spiro atoms. The molecular weight excluding hydrogens is 430 g/mol. The van der Waals surface area contributed by atoms with Crippen molar-refractivity contribution in [3.8, 4) is 11.1 Å². The van der Waals surface area contributed by atoms with E-state index in [4.69, 9.17) is 4.74 Å². The average Bonchev–Trinajstić information content (AvgIpc) is 2.92. The SMILES string of the molecule is O=C(OCC1CCCN(CCCc2ccccc2)C1)c1ccccc1-c1cccc2ccccc12. The van der Waals surface area contributed by atoms with Crippen molar-refractivity contribution in [3.63, 3.8) is 0 Å². The van der Waals surface area contributed by atoms with Crippen LogP contribution in [0.15, 0.2) is 97.1 Å². The average molecular weight is 464 g/mol. The van der Waals surface area contributed by atoms with E-state index in [1.54, 1.807) is 0 Å². The van der Waals surface area contributed by atoms with Crippen molar-refractivity contribution in [2.24, 2.45) is 5.92 Å². The smallest absolute Gasteiger partial charge is 0.338 e. The Morgan fingerprint density at radius 3 is 2.49 bits per heavy atom. The van der Waals surface area contributed by atoms with Gasteiger partial charge < -0.3 is 9.64 Å². The number of piperidine rings is 1. The van der Waals surface area contributed by atoms with Crippen molar-refractivity contribution in [1.29, 1.82) is 0 Å². The number of hydrogen-bond acceptors (Lipinski definition) is 3. The van der Waals surface area contributed by atoms with Crippen molar-refractivity contribution in [2.75, 3.05) is 26.2 Å². The van der Waals surface area contributed by atoms with Crippen LogP contribution in [0.1, 0.15) is 35.2 Å². The molecule has 3 heteroatoms. The summed E-state index contributed by atoms with van der Waals surface area (Å²) in [7, 11) is 0. The topological polar surface area (TPSA) is 29.5 Å². The number of rotatable bonds is 8. The Kier molecular flexibility index (Phi) is 7.55. The molecule has 1 unspecified atom stereocenters. The highest BCUT2D eigenvalue weighted by Gasteiger charge is 2.22. The molecule has 5 rings (SSSR count). The number of benzene rings is 4. The molecule has 0 bridgehead atoms. The van der Waals surface area contributed by atoms with Crippen LogP contribution in [0.4, 0.5) is 0 Å². The second-order valence-electron chi connectivity index (χ2n) is 9.57. The lowest BCUT2D eigenvalue weighted by molar-refractivity contribution is 0.0354. The summed E-state index contributed by atoms with van der Waals surface area (Å²) in [6, 6.07) is 33.1. The van der Waals surface area contributed by atoms with E-state index in [2.05, 4.69) is 59.5 Å². The van der Waals surface area contributed by atoms with E-state index in [0.29, 0.717) is 18.1 Å². The van der Waals surface area contributed by atoms with Gasteiger partial charge in [0.1, 0.15) is 0 Å². The monoisotopic (exact) mass is 463 g/mol. The molecule has 35 heavy (non-hydrogen) atoms. The van der Waals surface area contributed by atoms with E-state index >= 15 is 0 Å². The van der Waals surface area contributed by atoms with Crippen LogP contribution >= 0.6 is 0 Å². The molecular formula is C32H33NO2. The third-order valence-electron chi connectivity index (χ3n) is 7.06. The fourth-order valence-corrected chi connectivity index (χ4v) is 5.27. The van der Waals surface area contributed by atoms with Crippen molar-refractivity contribution in [1.82, 2.24) is 4.90 Å². The van der Waals surface area contributed by atoms with Crippen molar-refractivity contribution in [3.05, 3.63) is 108 Å². The lowest BCUT2D eigenvalue weighted by atomic mass is 9.94. The maximum absolute atomic E-state index is 13.2. The molecule has 0 saturated carbocycles. The molecule has 0 radical (unpaired) electrons. The molecule has 4 aromatic carbocycles. The van der Waals surface area contributed by atoms with Gasteiger partial charge in [-0.3, -0.25) is 0 Å². The first kappa shape index (κ1) is 23.3. The Balaban J connectivity index is 1.20. The zero-order chi connectivity index (χ0) is 23.9.